The summed E-state index contributed by atoms with van der Waals surface area (Å²) in [6, 6.07) is 4.06. The second-order valence-corrected chi connectivity index (χ2v) is 3.98. The summed E-state index contributed by atoms with van der Waals surface area (Å²) >= 11 is 0. The third-order valence-corrected chi connectivity index (χ3v) is 2.78. The maximum absolute atomic E-state index is 13.3. The van der Waals surface area contributed by atoms with Gasteiger partial charge in [-0.25, -0.2) is 9.18 Å². The van der Waals surface area contributed by atoms with E-state index in [2.05, 4.69) is 5.10 Å². The van der Waals surface area contributed by atoms with Crippen molar-refractivity contribution in [2.75, 3.05) is 0 Å². The Kier molecular flexibility index (Phi) is 3.14. The number of aromatic carboxylic acids is 1. The van der Waals surface area contributed by atoms with Gasteiger partial charge < -0.3 is 5.11 Å². The van der Waals surface area contributed by atoms with Crippen LogP contribution in [0.1, 0.15) is 23.0 Å². The highest BCUT2D eigenvalue weighted by atomic mass is 19.1. The van der Waals surface area contributed by atoms with E-state index >= 15 is 0 Å². The first-order valence-corrected chi connectivity index (χ1v) is 5.60. The molecule has 4 nitrogen and oxygen atoms in total. The van der Waals surface area contributed by atoms with Crippen LogP contribution in [0.25, 0.3) is 11.1 Å². The first kappa shape index (κ1) is 12.3. The molecular formula is C13H13FN2O2. The van der Waals surface area contributed by atoms with Crippen LogP contribution in [-0.4, -0.2) is 20.9 Å². The zero-order chi connectivity index (χ0) is 13.3. The number of carboxylic acid groups (broad SMARTS) is 1. The van der Waals surface area contributed by atoms with Crippen molar-refractivity contribution in [1.82, 2.24) is 9.78 Å². The number of benzene rings is 1. The lowest BCUT2D eigenvalue weighted by Gasteiger charge is -2.02. The van der Waals surface area contributed by atoms with E-state index in [4.69, 9.17) is 5.11 Å². The number of halogens is 1. The van der Waals surface area contributed by atoms with Gasteiger partial charge in [-0.15, -0.1) is 0 Å². The van der Waals surface area contributed by atoms with Crippen molar-refractivity contribution < 1.29 is 14.3 Å². The molecule has 0 amide bonds. The number of hydrogen-bond acceptors (Lipinski definition) is 2. The molecule has 2 rings (SSSR count). The second kappa shape index (κ2) is 4.60. The topological polar surface area (TPSA) is 55.1 Å². The molecule has 0 unspecified atom stereocenters. The number of nitrogens with zero attached hydrogens (tertiary/aromatic N) is 2. The van der Waals surface area contributed by atoms with Crippen molar-refractivity contribution in [3.63, 3.8) is 0 Å². The first-order valence-electron chi connectivity index (χ1n) is 5.60. The lowest BCUT2D eigenvalue weighted by atomic mass is 10.0. The van der Waals surface area contributed by atoms with Gasteiger partial charge in [0.1, 0.15) is 5.82 Å². The quantitative estimate of drug-likeness (QED) is 0.908. The summed E-state index contributed by atoms with van der Waals surface area (Å²) in [5.74, 6) is -2.00. The van der Waals surface area contributed by atoms with Gasteiger partial charge in [0.05, 0.1) is 11.3 Å². The van der Waals surface area contributed by atoms with Crippen molar-refractivity contribution >= 4 is 5.97 Å². The monoisotopic (exact) mass is 248 g/mol. The van der Waals surface area contributed by atoms with Crippen molar-refractivity contribution in [3.05, 3.63) is 41.5 Å². The van der Waals surface area contributed by atoms with Gasteiger partial charge in [0.25, 0.3) is 0 Å². The van der Waals surface area contributed by atoms with Crippen LogP contribution in [0.15, 0.2) is 24.4 Å². The molecule has 0 spiro atoms. The van der Waals surface area contributed by atoms with E-state index in [1.165, 1.54) is 12.1 Å². The highest BCUT2D eigenvalue weighted by molar-refractivity contribution is 5.89. The second-order valence-electron chi connectivity index (χ2n) is 3.98. The van der Waals surface area contributed by atoms with Crippen LogP contribution in [-0.2, 0) is 6.54 Å². The van der Waals surface area contributed by atoms with Crippen LogP contribution in [0, 0.1) is 12.7 Å². The van der Waals surface area contributed by atoms with E-state index in [0.29, 0.717) is 5.56 Å². The maximum atomic E-state index is 13.3. The van der Waals surface area contributed by atoms with Gasteiger partial charge in [0.15, 0.2) is 0 Å². The Morgan fingerprint density at radius 1 is 1.50 bits per heavy atom. The Balaban J connectivity index is 2.53. The Labute approximate surface area is 104 Å². The molecular weight excluding hydrogens is 235 g/mol. The molecule has 0 saturated heterocycles. The lowest BCUT2D eigenvalue weighted by Crippen LogP contribution is -2.00. The molecule has 1 aromatic heterocycles. The number of aromatic nitrogens is 2. The number of carbonyl (C=O) groups is 1. The van der Waals surface area contributed by atoms with E-state index in [-0.39, 0.29) is 5.56 Å². The summed E-state index contributed by atoms with van der Waals surface area (Å²) in [5.41, 5.74) is 1.95. The van der Waals surface area contributed by atoms with Crippen molar-refractivity contribution in [3.8, 4) is 11.1 Å². The third-order valence-electron chi connectivity index (χ3n) is 2.78. The molecule has 1 N–H and O–H groups in total. The predicted octanol–water partition coefficient (Wildman–Crippen LogP) is 2.72. The first-order chi connectivity index (χ1) is 8.52. The molecule has 0 aliphatic carbocycles. The van der Waals surface area contributed by atoms with E-state index in [1.807, 2.05) is 20.0 Å². The minimum Gasteiger partial charge on any atom is -0.478 e. The Morgan fingerprint density at radius 3 is 2.78 bits per heavy atom. The number of hydrogen-bond donors (Lipinski definition) is 1. The molecule has 2 aromatic rings. The molecule has 0 fully saturated rings. The van der Waals surface area contributed by atoms with Gasteiger partial charge in [-0.05, 0) is 31.5 Å². The predicted molar refractivity (Wildman–Crippen MR) is 65.0 cm³/mol. The van der Waals surface area contributed by atoms with Crippen molar-refractivity contribution in [1.29, 1.82) is 0 Å². The molecule has 94 valence electrons. The smallest absolute Gasteiger partial charge is 0.338 e. The largest absolute Gasteiger partial charge is 0.478 e. The summed E-state index contributed by atoms with van der Waals surface area (Å²) in [7, 11) is 0. The SMILES string of the molecule is CCn1cc(-c2ccc(F)c(C(=O)O)c2)c(C)n1. The van der Waals surface area contributed by atoms with Gasteiger partial charge >= 0.3 is 5.97 Å². The summed E-state index contributed by atoms with van der Waals surface area (Å²) in [5, 5.41) is 13.2. The average Bonchev–Trinajstić information content (AvgIpc) is 2.71. The molecule has 1 heterocycles. The Bertz CT molecular complexity index is 605. The molecule has 0 aliphatic heterocycles. The fraction of sp³-hybridized carbons (Fsp3) is 0.231. The van der Waals surface area contributed by atoms with Gasteiger partial charge in [0, 0.05) is 18.3 Å². The Morgan fingerprint density at radius 2 is 2.22 bits per heavy atom. The Hall–Kier alpha value is -2.17. The molecule has 5 heteroatoms. The molecule has 0 saturated carbocycles. The van der Waals surface area contributed by atoms with Crippen LogP contribution >= 0.6 is 0 Å². The molecule has 0 aliphatic rings. The maximum Gasteiger partial charge on any atom is 0.338 e. The average molecular weight is 248 g/mol. The zero-order valence-electron chi connectivity index (χ0n) is 10.1. The van der Waals surface area contributed by atoms with Crippen LogP contribution in [0.5, 0.6) is 0 Å². The fourth-order valence-electron chi connectivity index (χ4n) is 1.82. The minimum absolute atomic E-state index is 0.323. The van der Waals surface area contributed by atoms with Crippen LogP contribution in [0.4, 0.5) is 4.39 Å². The molecule has 18 heavy (non-hydrogen) atoms. The zero-order valence-corrected chi connectivity index (χ0v) is 10.1. The number of aryl methyl sites for hydroxylation is 2. The molecule has 0 radical (unpaired) electrons. The summed E-state index contributed by atoms with van der Waals surface area (Å²) < 4.78 is 15.1. The van der Waals surface area contributed by atoms with Crippen molar-refractivity contribution in [2.45, 2.75) is 20.4 Å². The van der Waals surface area contributed by atoms with Gasteiger partial charge in [0.2, 0.25) is 0 Å². The number of carboxylic acids is 1. The van der Waals surface area contributed by atoms with Gasteiger partial charge in [-0.1, -0.05) is 6.07 Å². The van der Waals surface area contributed by atoms with Gasteiger partial charge in [-0.3, -0.25) is 4.68 Å². The molecule has 0 atom stereocenters. The van der Waals surface area contributed by atoms with Gasteiger partial charge in [-0.2, -0.15) is 5.10 Å². The van der Waals surface area contributed by atoms with E-state index in [1.54, 1.807) is 10.7 Å². The minimum atomic E-state index is -1.27. The standard InChI is InChI=1S/C13H13FN2O2/c1-3-16-7-11(8(2)15-16)9-4-5-12(14)10(6-9)13(17)18/h4-7H,3H2,1-2H3,(H,17,18). The fourth-order valence-corrected chi connectivity index (χ4v) is 1.82. The summed E-state index contributed by atoms with van der Waals surface area (Å²) in [4.78, 5) is 10.9. The van der Waals surface area contributed by atoms with E-state index in [9.17, 15) is 9.18 Å². The summed E-state index contributed by atoms with van der Waals surface area (Å²) in [6.07, 6.45) is 1.83. The highest BCUT2D eigenvalue weighted by Crippen LogP contribution is 2.24. The molecule has 1 aromatic carbocycles. The van der Waals surface area contributed by atoms with Crippen LogP contribution in [0.3, 0.4) is 0 Å². The number of rotatable bonds is 3. The highest BCUT2D eigenvalue weighted by Gasteiger charge is 2.14. The van der Waals surface area contributed by atoms with E-state index in [0.717, 1.165) is 17.8 Å². The lowest BCUT2D eigenvalue weighted by molar-refractivity contribution is 0.0692. The summed E-state index contributed by atoms with van der Waals surface area (Å²) in [6.45, 7) is 4.53. The van der Waals surface area contributed by atoms with E-state index < -0.39 is 11.8 Å². The van der Waals surface area contributed by atoms with Crippen molar-refractivity contribution in [2.24, 2.45) is 0 Å². The normalized spacial score (nSPS) is 10.6. The van der Waals surface area contributed by atoms with Crippen LogP contribution in [0.2, 0.25) is 0 Å². The van der Waals surface area contributed by atoms with Crippen LogP contribution < -0.4 is 0 Å². The molecule has 0 bridgehead atoms. The third kappa shape index (κ3) is 2.11.